The van der Waals surface area contributed by atoms with Crippen LogP contribution in [0, 0.1) is 19.3 Å². The quantitative estimate of drug-likeness (QED) is 0.575. The van der Waals surface area contributed by atoms with Gasteiger partial charge in [0.15, 0.2) is 0 Å². The molecule has 0 aliphatic carbocycles. The van der Waals surface area contributed by atoms with Crippen molar-refractivity contribution in [2.45, 2.75) is 13.8 Å². The molecular formula is C19H18N4O2. The van der Waals surface area contributed by atoms with Gasteiger partial charge in [0.25, 0.3) is 0 Å². The summed E-state index contributed by atoms with van der Waals surface area (Å²) in [5.74, 6) is 0.828. The molecule has 2 heterocycles. The minimum atomic E-state index is 0.0841. The number of rotatable bonds is 2. The predicted molar refractivity (Wildman–Crippen MR) is 98.3 cm³/mol. The number of aliphatic hydroxyl groups is 1. The molecular weight excluding hydrogens is 316 g/mol. The Morgan fingerprint density at radius 2 is 1.88 bits per heavy atom. The Hall–Kier alpha value is -3.28. The van der Waals surface area contributed by atoms with Gasteiger partial charge in [-0.25, -0.2) is 4.98 Å². The van der Waals surface area contributed by atoms with Gasteiger partial charge in [-0.15, -0.1) is 0 Å². The highest BCUT2D eigenvalue weighted by Gasteiger charge is 2.31. The number of nitrogens with one attached hydrogen (secondary N) is 2. The summed E-state index contributed by atoms with van der Waals surface area (Å²) in [6.07, 6.45) is 0. The molecule has 4 N–H and O–H groups in total. The average Bonchev–Trinajstić information content (AvgIpc) is 3.08. The summed E-state index contributed by atoms with van der Waals surface area (Å²) in [7, 11) is 0. The highest BCUT2D eigenvalue weighted by Crippen LogP contribution is 2.32. The van der Waals surface area contributed by atoms with Crippen molar-refractivity contribution in [1.82, 2.24) is 9.97 Å². The van der Waals surface area contributed by atoms with E-state index in [1.165, 1.54) is 0 Å². The van der Waals surface area contributed by atoms with Crippen LogP contribution in [0.2, 0.25) is 0 Å². The lowest BCUT2D eigenvalue weighted by Gasteiger charge is -2.18. The average molecular weight is 334 g/mol. The SMILES string of the molecule is Cc1cc2nc(C3=C(O)CN(c4cccc(O)c4)C3=N)[nH]c2cc1C. The molecule has 0 bridgehead atoms. The van der Waals surface area contributed by atoms with E-state index in [1.807, 2.05) is 26.0 Å². The lowest BCUT2D eigenvalue weighted by atomic mass is 10.1. The molecule has 4 rings (SSSR count). The fraction of sp³-hybridized carbons (Fsp3) is 0.158. The Bertz CT molecular complexity index is 1010. The molecule has 6 nitrogen and oxygen atoms in total. The molecule has 6 heteroatoms. The van der Waals surface area contributed by atoms with Gasteiger partial charge in [0.05, 0.1) is 23.2 Å². The van der Waals surface area contributed by atoms with Gasteiger partial charge in [0.2, 0.25) is 0 Å². The first-order valence-electron chi connectivity index (χ1n) is 7.99. The van der Waals surface area contributed by atoms with Crippen LogP contribution in [0.25, 0.3) is 16.6 Å². The monoisotopic (exact) mass is 334 g/mol. The molecule has 0 saturated carbocycles. The van der Waals surface area contributed by atoms with Crippen molar-refractivity contribution in [2.24, 2.45) is 0 Å². The van der Waals surface area contributed by atoms with Crippen molar-refractivity contribution in [1.29, 1.82) is 5.41 Å². The first-order chi connectivity index (χ1) is 11.9. The number of aryl methyl sites for hydroxylation is 2. The van der Waals surface area contributed by atoms with E-state index >= 15 is 0 Å². The summed E-state index contributed by atoms with van der Waals surface area (Å²) in [5.41, 5.74) is 5.02. The maximum Gasteiger partial charge on any atom is 0.145 e. The van der Waals surface area contributed by atoms with E-state index in [9.17, 15) is 10.2 Å². The van der Waals surface area contributed by atoms with Crippen molar-refractivity contribution in [3.8, 4) is 5.75 Å². The maximum atomic E-state index is 10.4. The van der Waals surface area contributed by atoms with E-state index in [4.69, 9.17) is 5.41 Å². The normalized spacial score (nSPS) is 14.8. The maximum absolute atomic E-state index is 10.4. The molecule has 1 aromatic heterocycles. The Balaban J connectivity index is 1.75. The molecule has 0 unspecified atom stereocenters. The number of fused-ring (bicyclic) bond motifs is 1. The molecule has 25 heavy (non-hydrogen) atoms. The highest BCUT2D eigenvalue weighted by molar-refractivity contribution is 6.30. The molecule has 0 radical (unpaired) electrons. The van der Waals surface area contributed by atoms with Crippen LogP contribution in [-0.4, -0.2) is 32.6 Å². The largest absolute Gasteiger partial charge is 0.509 e. The van der Waals surface area contributed by atoms with Crippen LogP contribution in [0.15, 0.2) is 42.2 Å². The second-order valence-corrected chi connectivity index (χ2v) is 6.32. The smallest absolute Gasteiger partial charge is 0.145 e. The second-order valence-electron chi connectivity index (χ2n) is 6.32. The first-order valence-corrected chi connectivity index (χ1v) is 7.99. The Morgan fingerprint density at radius 1 is 1.12 bits per heavy atom. The van der Waals surface area contributed by atoms with Crippen LogP contribution in [-0.2, 0) is 0 Å². The Labute approximate surface area is 144 Å². The number of benzene rings is 2. The van der Waals surface area contributed by atoms with Crippen LogP contribution in [0.5, 0.6) is 5.75 Å². The summed E-state index contributed by atoms with van der Waals surface area (Å²) < 4.78 is 0. The van der Waals surface area contributed by atoms with Crippen molar-refractivity contribution >= 4 is 28.1 Å². The standard InChI is InChI=1S/C19H18N4O2/c1-10-6-14-15(7-11(10)2)22-19(21-14)17-16(25)9-23(18(17)20)12-4-3-5-13(24)8-12/h3-8,20,24-25H,9H2,1-2H3,(H,21,22). The Morgan fingerprint density at radius 3 is 2.64 bits per heavy atom. The fourth-order valence-corrected chi connectivity index (χ4v) is 3.10. The molecule has 0 amide bonds. The van der Waals surface area contributed by atoms with Crippen LogP contribution in [0.1, 0.15) is 17.0 Å². The molecule has 3 aromatic rings. The van der Waals surface area contributed by atoms with Crippen LogP contribution < -0.4 is 4.90 Å². The first kappa shape index (κ1) is 15.3. The van der Waals surface area contributed by atoms with E-state index in [1.54, 1.807) is 29.2 Å². The molecule has 2 aromatic carbocycles. The number of phenols is 1. The number of phenolic OH excluding ortho intramolecular Hbond substituents is 1. The summed E-state index contributed by atoms with van der Waals surface area (Å²) in [4.78, 5) is 9.39. The van der Waals surface area contributed by atoms with Gasteiger partial charge in [0, 0.05) is 11.8 Å². The molecule has 1 aliphatic rings. The summed E-state index contributed by atoms with van der Waals surface area (Å²) in [6, 6.07) is 10.6. The zero-order valence-corrected chi connectivity index (χ0v) is 14.0. The predicted octanol–water partition coefficient (Wildman–Crippen LogP) is 3.65. The van der Waals surface area contributed by atoms with E-state index in [-0.39, 0.29) is 23.9 Å². The number of H-pyrrole nitrogens is 1. The lowest BCUT2D eigenvalue weighted by Crippen LogP contribution is -2.26. The number of aliphatic hydroxyl groups excluding tert-OH is 1. The van der Waals surface area contributed by atoms with Crippen molar-refractivity contribution in [3.63, 3.8) is 0 Å². The van der Waals surface area contributed by atoms with Crippen LogP contribution in [0.4, 0.5) is 5.69 Å². The molecule has 0 spiro atoms. The van der Waals surface area contributed by atoms with Gasteiger partial charge in [-0.2, -0.15) is 0 Å². The van der Waals surface area contributed by atoms with Crippen LogP contribution in [0.3, 0.4) is 0 Å². The number of hydrogen-bond donors (Lipinski definition) is 4. The zero-order valence-electron chi connectivity index (χ0n) is 14.0. The third kappa shape index (κ3) is 2.42. The van der Waals surface area contributed by atoms with E-state index in [2.05, 4.69) is 9.97 Å². The van der Waals surface area contributed by atoms with Gasteiger partial charge in [0.1, 0.15) is 23.2 Å². The minimum absolute atomic E-state index is 0.0841. The van der Waals surface area contributed by atoms with E-state index in [0.29, 0.717) is 17.1 Å². The third-order valence-electron chi connectivity index (χ3n) is 4.58. The van der Waals surface area contributed by atoms with Crippen molar-refractivity contribution < 1.29 is 10.2 Å². The molecule has 0 atom stereocenters. The van der Waals surface area contributed by atoms with Crippen LogP contribution >= 0.6 is 0 Å². The fourth-order valence-electron chi connectivity index (χ4n) is 3.10. The van der Waals surface area contributed by atoms with Gasteiger partial charge >= 0.3 is 0 Å². The Kier molecular flexibility index (Phi) is 3.28. The lowest BCUT2D eigenvalue weighted by molar-refractivity contribution is 0.411. The number of imidazole rings is 1. The van der Waals surface area contributed by atoms with E-state index < -0.39 is 0 Å². The number of nitrogens with zero attached hydrogens (tertiary/aromatic N) is 2. The van der Waals surface area contributed by atoms with Gasteiger partial charge in [-0.05, 0) is 49.2 Å². The molecule has 0 fully saturated rings. The summed E-state index contributed by atoms with van der Waals surface area (Å²) in [6.45, 7) is 4.24. The van der Waals surface area contributed by atoms with Gasteiger partial charge in [-0.3, -0.25) is 5.41 Å². The third-order valence-corrected chi connectivity index (χ3v) is 4.58. The summed E-state index contributed by atoms with van der Waals surface area (Å²) in [5, 5.41) is 28.6. The van der Waals surface area contributed by atoms with E-state index in [0.717, 1.165) is 22.2 Å². The second kappa shape index (κ2) is 5.37. The van der Waals surface area contributed by atoms with Gasteiger partial charge in [-0.1, -0.05) is 6.07 Å². The number of hydrogen-bond acceptors (Lipinski definition) is 4. The van der Waals surface area contributed by atoms with Gasteiger partial charge < -0.3 is 20.1 Å². The van der Waals surface area contributed by atoms with Crippen molar-refractivity contribution in [3.05, 3.63) is 59.1 Å². The number of aromatic nitrogens is 2. The molecule has 126 valence electrons. The number of amidine groups is 1. The molecule has 0 saturated heterocycles. The number of anilines is 1. The topological polar surface area (TPSA) is 96.2 Å². The zero-order chi connectivity index (χ0) is 17.7. The minimum Gasteiger partial charge on any atom is -0.509 e. The number of aromatic hydroxyl groups is 1. The highest BCUT2D eigenvalue weighted by atomic mass is 16.3. The number of aromatic amines is 1. The molecule has 1 aliphatic heterocycles. The van der Waals surface area contributed by atoms with Crippen molar-refractivity contribution in [2.75, 3.05) is 11.4 Å². The summed E-state index contributed by atoms with van der Waals surface area (Å²) >= 11 is 0.